The number of nitrogens with one attached hydrogen (secondary N) is 4. The molecule has 0 aliphatic rings. The number of rotatable bonds is 14. The fourth-order valence-corrected chi connectivity index (χ4v) is 3.10. The predicted octanol–water partition coefficient (Wildman–Crippen LogP) is 0.712. The molecule has 34 heavy (non-hydrogen) atoms. The predicted molar refractivity (Wildman–Crippen MR) is 133 cm³/mol. The molecule has 202 valence electrons. The Morgan fingerprint density at radius 3 is 1.91 bits per heavy atom. The van der Waals surface area contributed by atoms with Crippen molar-refractivity contribution in [2.45, 2.75) is 92.3 Å². The molecule has 12 nitrogen and oxygen atoms in total. The van der Waals surface area contributed by atoms with Crippen molar-refractivity contribution in [1.82, 2.24) is 21.3 Å². The molecule has 0 saturated carbocycles. The summed E-state index contributed by atoms with van der Waals surface area (Å²) in [5.74, 6) is -2.48. The van der Waals surface area contributed by atoms with Crippen LogP contribution in [0.2, 0.25) is 0 Å². The van der Waals surface area contributed by atoms with Crippen LogP contribution in [0.5, 0.6) is 0 Å². The van der Waals surface area contributed by atoms with Crippen molar-refractivity contribution in [3.8, 4) is 0 Å². The van der Waals surface area contributed by atoms with E-state index < -0.39 is 52.3 Å². The number of hydrogen-bond acceptors (Lipinski definition) is 7. The maximum absolute atomic E-state index is 12.2. The molecule has 7 N–H and O–H groups in total. The Hall–Kier alpha value is -2.25. The van der Waals surface area contributed by atoms with E-state index in [4.69, 9.17) is 10.3 Å². The molecule has 0 heterocycles. The number of ketones is 1. The summed E-state index contributed by atoms with van der Waals surface area (Å²) in [6.07, 6.45) is 2.11. The summed E-state index contributed by atoms with van der Waals surface area (Å²) in [4.78, 5) is 46.9. The summed E-state index contributed by atoms with van der Waals surface area (Å²) in [6, 6.07) is -2.97. The number of nitrogens with two attached hydrogens (primary N) is 1. The molecular formula is C21H45N5O7S. The molecule has 0 bridgehead atoms. The first-order chi connectivity index (χ1) is 15.8. The third-order valence-electron chi connectivity index (χ3n) is 3.69. The van der Waals surface area contributed by atoms with Crippen LogP contribution < -0.4 is 27.0 Å². The van der Waals surface area contributed by atoms with Crippen LogP contribution in [-0.4, -0.2) is 73.6 Å². The fraction of sp³-hybridized carbons (Fsp3) is 0.810. The van der Waals surface area contributed by atoms with Crippen LogP contribution in [0.15, 0.2) is 0 Å². The van der Waals surface area contributed by atoms with E-state index in [1.807, 2.05) is 13.8 Å². The molecule has 0 aliphatic carbocycles. The first kappa shape index (κ1) is 36.3. The summed E-state index contributed by atoms with van der Waals surface area (Å²) in [7, 11) is -4.41. The van der Waals surface area contributed by atoms with Gasteiger partial charge >= 0.3 is 6.03 Å². The summed E-state index contributed by atoms with van der Waals surface area (Å²) in [5, 5.41) is 9.85. The highest BCUT2D eigenvalue weighted by Gasteiger charge is 2.26. The summed E-state index contributed by atoms with van der Waals surface area (Å²) >= 11 is 0. The van der Waals surface area contributed by atoms with Gasteiger partial charge in [-0.15, -0.1) is 0 Å². The molecule has 2 atom stereocenters. The molecule has 13 heteroatoms. The van der Waals surface area contributed by atoms with E-state index in [0.717, 1.165) is 0 Å². The number of carbonyl (C=O) groups is 4. The second-order valence-corrected chi connectivity index (χ2v) is 8.92. The van der Waals surface area contributed by atoms with E-state index in [9.17, 15) is 27.6 Å². The van der Waals surface area contributed by atoms with Crippen molar-refractivity contribution in [2.24, 2.45) is 5.73 Å². The van der Waals surface area contributed by atoms with E-state index in [-0.39, 0.29) is 31.2 Å². The number of amides is 4. The topological polar surface area (TPSA) is 197 Å². The Kier molecular flexibility index (Phi) is 22.7. The molecule has 0 aliphatic heterocycles. The van der Waals surface area contributed by atoms with Gasteiger partial charge < -0.3 is 27.0 Å². The van der Waals surface area contributed by atoms with Gasteiger partial charge in [0.25, 0.3) is 10.1 Å². The third kappa shape index (κ3) is 22.9. The van der Waals surface area contributed by atoms with Gasteiger partial charge in [-0.2, -0.15) is 8.42 Å². The highest BCUT2D eigenvalue weighted by atomic mass is 32.2. The quantitative estimate of drug-likeness (QED) is 0.145. The fourth-order valence-electron chi connectivity index (χ4n) is 2.43. The minimum atomic E-state index is -4.41. The monoisotopic (exact) mass is 511 g/mol. The Labute approximate surface area is 204 Å². The molecule has 0 aromatic heterocycles. The molecule has 0 aromatic rings. The van der Waals surface area contributed by atoms with Gasteiger partial charge in [0.2, 0.25) is 11.8 Å². The maximum atomic E-state index is 12.2. The zero-order chi connectivity index (χ0) is 27.3. The van der Waals surface area contributed by atoms with Crippen LogP contribution in [-0.2, 0) is 24.5 Å². The Morgan fingerprint density at radius 1 is 0.971 bits per heavy atom. The van der Waals surface area contributed by atoms with Crippen molar-refractivity contribution in [3.63, 3.8) is 0 Å². The average Bonchev–Trinajstić information content (AvgIpc) is 2.73. The number of primary amides is 1. The molecular weight excluding hydrogens is 466 g/mol. The van der Waals surface area contributed by atoms with Crippen LogP contribution in [0.3, 0.4) is 0 Å². The zero-order valence-corrected chi connectivity index (χ0v) is 22.4. The first-order valence-electron chi connectivity index (χ1n) is 11.6. The van der Waals surface area contributed by atoms with Gasteiger partial charge in [-0.25, -0.2) is 4.79 Å². The maximum Gasteiger partial charge on any atom is 0.312 e. The van der Waals surface area contributed by atoms with E-state index in [0.29, 0.717) is 6.42 Å². The van der Waals surface area contributed by atoms with Crippen LogP contribution >= 0.6 is 0 Å². The lowest BCUT2D eigenvalue weighted by Crippen LogP contribution is -2.53. The third-order valence-corrected chi connectivity index (χ3v) is 4.45. The minimum absolute atomic E-state index is 0.190. The van der Waals surface area contributed by atoms with Crippen molar-refractivity contribution in [1.29, 1.82) is 0 Å². The zero-order valence-electron chi connectivity index (χ0n) is 21.6. The SMILES string of the molecule is CC.CCC.CCC(=O)C(CCCNC(N)=O)NC(=O)CNC(=O)C(CS(=O)(=O)O)NC(C)C. The Bertz CT molecular complexity index is 700. The van der Waals surface area contributed by atoms with Gasteiger partial charge in [-0.05, 0) is 12.8 Å². The van der Waals surface area contributed by atoms with Gasteiger partial charge in [-0.3, -0.25) is 18.9 Å². The molecule has 4 amide bonds. The minimum Gasteiger partial charge on any atom is -0.352 e. The number of Topliss-reactive ketones (excluding diaryl/α,β-unsaturated/α-hetero) is 1. The highest BCUT2D eigenvalue weighted by Crippen LogP contribution is 2.01. The second kappa shape index (κ2) is 21.3. The summed E-state index contributed by atoms with van der Waals surface area (Å²) in [5.41, 5.74) is 4.95. The average molecular weight is 512 g/mol. The van der Waals surface area contributed by atoms with Gasteiger partial charge in [0.15, 0.2) is 5.78 Å². The molecule has 0 spiro atoms. The van der Waals surface area contributed by atoms with Crippen molar-refractivity contribution in [2.75, 3.05) is 18.8 Å². The molecule has 0 fully saturated rings. The second-order valence-electron chi connectivity index (χ2n) is 7.42. The van der Waals surface area contributed by atoms with Crippen molar-refractivity contribution < 1.29 is 32.1 Å². The van der Waals surface area contributed by atoms with Gasteiger partial charge in [-0.1, -0.05) is 54.9 Å². The molecule has 0 aromatic carbocycles. The standard InChI is InChI=1S/C16H31N5O7S.C3H8.C2H6/c1-4-13(22)11(6-5-7-18-16(17)25)21-14(23)8-19-15(24)12(20-10(2)3)9-29(26,27)28;1-3-2;1-2/h10-12,20H,4-9H2,1-3H3,(H,19,24)(H,21,23)(H3,17,18,25)(H,26,27,28);3H2,1-2H3;1-2H3. The first-order valence-corrected chi connectivity index (χ1v) is 13.2. The van der Waals surface area contributed by atoms with Gasteiger partial charge in [0.1, 0.15) is 6.04 Å². The van der Waals surface area contributed by atoms with Crippen LogP contribution in [0, 0.1) is 0 Å². The summed E-state index contributed by atoms with van der Waals surface area (Å²) in [6.45, 7) is 13.0. The Balaban J connectivity index is -0.00000177. The smallest absolute Gasteiger partial charge is 0.312 e. The van der Waals surface area contributed by atoms with E-state index in [2.05, 4.69) is 35.1 Å². The normalized spacial score (nSPS) is 12.1. The lowest BCUT2D eigenvalue weighted by molar-refractivity contribution is -0.129. The van der Waals surface area contributed by atoms with Crippen LogP contribution in [0.1, 0.15) is 74.1 Å². The van der Waals surface area contributed by atoms with E-state index >= 15 is 0 Å². The van der Waals surface area contributed by atoms with Gasteiger partial charge in [0, 0.05) is 19.0 Å². The number of hydrogen-bond donors (Lipinski definition) is 6. The van der Waals surface area contributed by atoms with E-state index in [1.165, 1.54) is 6.42 Å². The largest absolute Gasteiger partial charge is 0.352 e. The lowest BCUT2D eigenvalue weighted by Gasteiger charge is -2.20. The Morgan fingerprint density at radius 2 is 1.50 bits per heavy atom. The molecule has 2 unspecified atom stereocenters. The lowest BCUT2D eigenvalue weighted by atomic mass is 10.0. The van der Waals surface area contributed by atoms with Gasteiger partial charge in [0.05, 0.1) is 18.3 Å². The highest BCUT2D eigenvalue weighted by molar-refractivity contribution is 7.85. The van der Waals surface area contributed by atoms with Crippen LogP contribution in [0.25, 0.3) is 0 Å². The summed E-state index contributed by atoms with van der Waals surface area (Å²) < 4.78 is 31.1. The van der Waals surface area contributed by atoms with Crippen molar-refractivity contribution >= 4 is 33.7 Å². The molecule has 0 radical (unpaired) electrons. The molecule has 0 rings (SSSR count). The number of carbonyl (C=O) groups excluding carboxylic acids is 4. The van der Waals surface area contributed by atoms with Crippen molar-refractivity contribution in [3.05, 3.63) is 0 Å². The van der Waals surface area contributed by atoms with E-state index in [1.54, 1.807) is 20.8 Å². The van der Waals surface area contributed by atoms with Crippen LogP contribution in [0.4, 0.5) is 4.79 Å². The molecule has 0 saturated heterocycles. The number of urea groups is 1.